The number of benzene rings is 1. The lowest BCUT2D eigenvalue weighted by atomic mass is 10.1. The van der Waals surface area contributed by atoms with Crippen LogP contribution in [-0.2, 0) is 0 Å². The largest absolute Gasteiger partial charge is 0.554 e. The third-order valence-corrected chi connectivity index (χ3v) is 4.58. The summed E-state index contributed by atoms with van der Waals surface area (Å²) in [5.74, 6) is 0.869. The fourth-order valence-corrected chi connectivity index (χ4v) is 3.31. The normalized spacial score (nSPS) is 11.3. The van der Waals surface area contributed by atoms with Gasteiger partial charge in [-0.3, -0.25) is 0 Å². The Balaban J connectivity index is 2.42. The van der Waals surface area contributed by atoms with Gasteiger partial charge in [-0.2, -0.15) is 15.0 Å². The summed E-state index contributed by atoms with van der Waals surface area (Å²) >= 11 is 0. The fraction of sp³-hybridized carbons (Fsp3) is 0.312. The summed E-state index contributed by atoms with van der Waals surface area (Å²) in [5, 5.41) is 19.8. The lowest BCUT2D eigenvalue weighted by Gasteiger charge is -2.10. The topological polar surface area (TPSA) is 83.2 Å². The van der Waals surface area contributed by atoms with E-state index in [4.69, 9.17) is 4.74 Å². The molecule has 0 saturated carbocycles. The van der Waals surface area contributed by atoms with Gasteiger partial charge in [-0.25, -0.2) is 0 Å². The van der Waals surface area contributed by atoms with Crippen molar-refractivity contribution in [3.63, 3.8) is 0 Å². The quantitative estimate of drug-likeness (QED) is 0.834. The van der Waals surface area contributed by atoms with Crippen molar-refractivity contribution in [1.29, 1.82) is 5.26 Å². The Kier molecular flexibility index (Phi) is 4.78. The van der Waals surface area contributed by atoms with E-state index in [1.165, 1.54) is 0 Å². The molecule has 1 aromatic heterocycles. The summed E-state index contributed by atoms with van der Waals surface area (Å²) in [5.41, 5.74) is 1.71. The van der Waals surface area contributed by atoms with Crippen molar-refractivity contribution >= 4 is 15.8 Å². The molecular formula is C16H17N2O3S+. The van der Waals surface area contributed by atoms with E-state index in [1.54, 1.807) is 30.5 Å². The highest BCUT2D eigenvalue weighted by atomic mass is 32.2. The van der Waals surface area contributed by atoms with Crippen LogP contribution in [0.5, 0.6) is 5.75 Å². The molecule has 0 aliphatic rings. The third-order valence-electron chi connectivity index (χ3n) is 2.88. The molecular weight excluding hydrogens is 300 g/mol. The molecule has 0 aliphatic carbocycles. The number of nitrogens with zero attached hydrogens (tertiary/aromatic N) is 2. The molecule has 0 fully saturated rings. The number of nitriles is 1. The Bertz CT molecular complexity index is 744. The summed E-state index contributed by atoms with van der Waals surface area (Å²) in [6, 6.07) is 7.20. The first kappa shape index (κ1) is 16.0. The molecule has 5 nitrogen and oxygen atoms in total. The van der Waals surface area contributed by atoms with Crippen LogP contribution >= 0.6 is 10.5 Å². The minimum absolute atomic E-state index is 0.357. The molecule has 2 rings (SSSR count). The van der Waals surface area contributed by atoms with Gasteiger partial charge in [-0.1, -0.05) is 13.8 Å². The smallest absolute Gasteiger partial charge is 0.492 e. The van der Waals surface area contributed by atoms with Crippen LogP contribution in [-0.4, -0.2) is 22.0 Å². The van der Waals surface area contributed by atoms with Gasteiger partial charge in [-0.15, -0.1) is 0 Å². The van der Waals surface area contributed by atoms with Gasteiger partial charge in [-0.05, 0) is 31.0 Å². The first-order valence-electron chi connectivity index (χ1n) is 6.82. The SMILES string of the molecule is Cc1c[s+](C(=O)O)c(-c2ccc(OCC(C)C)c(C#N)c2)n1. The van der Waals surface area contributed by atoms with E-state index in [-0.39, 0.29) is 0 Å². The molecule has 0 radical (unpaired) electrons. The minimum Gasteiger partial charge on any atom is -0.492 e. The van der Waals surface area contributed by atoms with Crippen molar-refractivity contribution in [3.05, 3.63) is 34.8 Å². The Labute approximate surface area is 131 Å². The fourth-order valence-electron chi connectivity index (χ4n) is 1.92. The highest BCUT2D eigenvalue weighted by Gasteiger charge is 2.27. The number of thiazole rings is 1. The van der Waals surface area contributed by atoms with Gasteiger partial charge in [0.2, 0.25) is 0 Å². The van der Waals surface area contributed by atoms with Crippen LogP contribution in [0.2, 0.25) is 0 Å². The second-order valence-electron chi connectivity index (χ2n) is 5.31. The van der Waals surface area contributed by atoms with E-state index in [1.807, 2.05) is 13.8 Å². The second-order valence-corrected chi connectivity index (χ2v) is 6.95. The number of rotatable bonds is 5. The van der Waals surface area contributed by atoms with Crippen LogP contribution in [0.15, 0.2) is 23.6 Å². The van der Waals surface area contributed by atoms with Crippen molar-refractivity contribution in [2.24, 2.45) is 5.92 Å². The second kappa shape index (κ2) is 6.58. The molecule has 1 aromatic carbocycles. The van der Waals surface area contributed by atoms with Gasteiger partial charge in [0, 0.05) is 0 Å². The summed E-state index contributed by atoms with van der Waals surface area (Å²) in [6.45, 7) is 6.35. The highest BCUT2D eigenvalue weighted by Crippen LogP contribution is 2.36. The number of aryl methyl sites for hydroxylation is 1. The van der Waals surface area contributed by atoms with E-state index in [2.05, 4.69) is 11.1 Å². The van der Waals surface area contributed by atoms with E-state index < -0.39 is 15.8 Å². The standard InChI is InChI=1S/C16H16N2O3S/c1-10(2)8-21-14-5-4-12(6-13(14)7-17)15-18-11(3)9-22(15)16(19)20/h4-6,9-10H,8H2,1-3H3/p+1. The zero-order valence-corrected chi connectivity index (χ0v) is 13.5. The zero-order valence-electron chi connectivity index (χ0n) is 12.7. The lowest BCUT2D eigenvalue weighted by Crippen LogP contribution is -2.05. The number of ether oxygens (including phenoxy) is 1. The summed E-state index contributed by atoms with van der Waals surface area (Å²) < 4.78 is 5.61. The first-order chi connectivity index (χ1) is 10.4. The molecule has 1 unspecified atom stereocenters. The Morgan fingerprint density at radius 2 is 2.23 bits per heavy atom. The third kappa shape index (κ3) is 3.43. The van der Waals surface area contributed by atoms with Crippen LogP contribution in [0.3, 0.4) is 0 Å². The Morgan fingerprint density at radius 1 is 1.50 bits per heavy atom. The van der Waals surface area contributed by atoms with Crippen LogP contribution in [0, 0.1) is 24.2 Å². The minimum atomic E-state index is -1.07. The predicted molar refractivity (Wildman–Crippen MR) is 85.4 cm³/mol. The Hall–Kier alpha value is -2.39. The Morgan fingerprint density at radius 3 is 2.82 bits per heavy atom. The maximum Gasteiger partial charge on any atom is 0.554 e. The molecule has 0 amide bonds. The predicted octanol–water partition coefficient (Wildman–Crippen LogP) is 4.24. The zero-order chi connectivity index (χ0) is 16.3. The van der Waals surface area contributed by atoms with Crippen molar-refractivity contribution in [2.45, 2.75) is 20.8 Å². The van der Waals surface area contributed by atoms with Crippen molar-refractivity contribution in [3.8, 4) is 22.4 Å². The summed E-state index contributed by atoms with van der Waals surface area (Å²) in [4.78, 5) is 15.6. The van der Waals surface area contributed by atoms with Gasteiger partial charge >= 0.3 is 5.30 Å². The molecule has 22 heavy (non-hydrogen) atoms. The van der Waals surface area contributed by atoms with Crippen molar-refractivity contribution in [2.75, 3.05) is 6.61 Å². The van der Waals surface area contributed by atoms with E-state index in [0.29, 0.717) is 40.1 Å². The molecule has 0 spiro atoms. The highest BCUT2D eigenvalue weighted by molar-refractivity contribution is 7.51. The molecule has 2 aromatic rings. The number of hydrogen-bond acceptors (Lipinski definition) is 4. The molecule has 114 valence electrons. The molecule has 0 aliphatic heterocycles. The van der Waals surface area contributed by atoms with Crippen LogP contribution in [0.25, 0.3) is 10.6 Å². The monoisotopic (exact) mass is 317 g/mol. The number of hydrogen-bond donors (Lipinski definition) is 1. The number of carboxylic acid groups (broad SMARTS) is 1. The molecule has 1 heterocycles. The maximum absolute atomic E-state index is 11.3. The molecule has 6 heteroatoms. The number of aromatic nitrogens is 1. The maximum atomic E-state index is 11.3. The van der Waals surface area contributed by atoms with Crippen LogP contribution in [0.1, 0.15) is 25.1 Å². The van der Waals surface area contributed by atoms with Crippen molar-refractivity contribution in [1.82, 2.24) is 4.98 Å². The van der Waals surface area contributed by atoms with Gasteiger partial charge in [0.15, 0.2) is 5.38 Å². The van der Waals surface area contributed by atoms with Crippen LogP contribution < -0.4 is 4.74 Å². The number of carbonyl (C=O) groups is 1. The lowest BCUT2D eigenvalue weighted by molar-refractivity contribution is 0.221. The summed E-state index contributed by atoms with van der Waals surface area (Å²) in [7, 11) is -1.07. The molecule has 1 N–H and O–H groups in total. The molecule has 0 saturated heterocycles. The molecule has 1 atom stereocenters. The average Bonchev–Trinajstić information content (AvgIpc) is 2.87. The average molecular weight is 317 g/mol. The van der Waals surface area contributed by atoms with Gasteiger partial charge < -0.3 is 9.84 Å². The van der Waals surface area contributed by atoms with E-state index in [9.17, 15) is 15.2 Å². The van der Waals surface area contributed by atoms with Gasteiger partial charge in [0.25, 0.3) is 5.01 Å². The van der Waals surface area contributed by atoms with E-state index in [0.717, 1.165) is 0 Å². The first-order valence-corrected chi connectivity index (χ1v) is 8.11. The van der Waals surface area contributed by atoms with Crippen LogP contribution in [0.4, 0.5) is 4.79 Å². The summed E-state index contributed by atoms with van der Waals surface area (Å²) in [6.07, 6.45) is 0. The van der Waals surface area contributed by atoms with Gasteiger partial charge in [0.05, 0.1) is 23.4 Å². The molecule has 0 bridgehead atoms. The van der Waals surface area contributed by atoms with Crippen molar-refractivity contribution < 1.29 is 14.6 Å². The van der Waals surface area contributed by atoms with E-state index >= 15 is 0 Å². The van der Waals surface area contributed by atoms with Gasteiger partial charge in [0.1, 0.15) is 22.3 Å².